The zero-order valence-corrected chi connectivity index (χ0v) is 22.2. The molecule has 2 N–H and O–H groups in total. The zero-order chi connectivity index (χ0) is 28.2. The standard InChI is InChI=1S/C32H32N2O6/c1-2-38-31(36)18-15-26(19-23-9-5-3-6-10-23)33-32(37)27(20-24-11-7-4-8-12-24)34-30(35)17-14-25-13-16-28-29(21-25)40-22-39-28/h3-18,21,26-27H,2,19-20,22H2,1H3,(H,33,37)(H,34,35)/b17-14+,18-15+. The minimum absolute atomic E-state index is 0.166. The summed E-state index contributed by atoms with van der Waals surface area (Å²) in [5.41, 5.74) is 2.64. The number of hydrogen-bond donors (Lipinski definition) is 2. The molecule has 0 aromatic heterocycles. The number of rotatable bonds is 12. The number of amides is 2. The van der Waals surface area contributed by atoms with Crippen LogP contribution in [0.25, 0.3) is 6.08 Å². The monoisotopic (exact) mass is 540 g/mol. The van der Waals surface area contributed by atoms with Crippen LogP contribution in [-0.4, -0.2) is 43.3 Å². The summed E-state index contributed by atoms with van der Waals surface area (Å²) in [4.78, 5) is 38.4. The Kier molecular flexibility index (Phi) is 10.1. The van der Waals surface area contributed by atoms with E-state index >= 15 is 0 Å². The van der Waals surface area contributed by atoms with Crippen LogP contribution in [0.1, 0.15) is 23.6 Å². The molecule has 1 heterocycles. The second-order valence-corrected chi connectivity index (χ2v) is 9.11. The minimum Gasteiger partial charge on any atom is -0.463 e. The third kappa shape index (κ3) is 8.59. The molecule has 0 bridgehead atoms. The van der Waals surface area contributed by atoms with Gasteiger partial charge in [-0.05, 0) is 48.2 Å². The van der Waals surface area contributed by atoms with Crippen LogP contribution in [0.3, 0.4) is 0 Å². The van der Waals surface area contributed by atoms with E-state index in [1.165, 1.54) is 12.2 Å². The number of nitrogens with one attached hydrogen (secondary N) is 2. The fraction of sp³-hybridized carbons (Fsp3) is 0.219. The topological polar surface area (TPSA) is 103 Å². The van der Waals surface area contributed by atoms with Crippen molar-refractivity contribution in [3.63, 3.8) is 0 Å². The van der Waals surface area contributed by atoms with Crippen molar-refractivity contribution in [3.8, 4) is 11.5 Å². The highest BCUT2D eigenvalue weighted by Gasteiger charge is 2.23. The second kappa shape index (κ2) is 14.3. The molecular weight excluding hydrogens is 508 g/mol. The average Bonchev–Trinajstić information content (AvgIpc) is 3.44. The summed E-state index contributed by atoms with van der Waals surface area (Å²) in [7, 11) is 0. The van der Waals surface area contributed by atoms with Gasteiger partial charge in [-0.3, -0.25) is 9.59 Å². The molecule has 8 heteroatoms. The van der Waals surface area contributed by atoms with Gasteiger partial charge >= 0.3 is 5.97 Å². The lowest BCUT2D eigenvalue weighted by atomic mass is 10.0. The van der Waals surface area contributed by atoms with Crippen molar-refractivity contribution in [1.29, 1.82) is 0 Å². The predicted molar refractivity (Wildman–Crippen MR) is 152 cm³/mol. The van der Waals surface area contributed by atoms with Gasteiger partial charge in [0.25, 0.3) is 0 Å². The molecule has 0 saturated heterocycles. The van der Waals surface area contributed by atoms with E-state index in [-0.39, 0.29) is 25.7 Å². The molecule has 2 unspecified atom stereocenters. The molecule has 206 valence electrons. The van der Waals surface area contributed by atoms with Crippen LogP contribution < -0.4 is 20.1 Å². The van der Waals surface area contributed by atoms with E-state index < -0.39 is 24.0 Å². The highest BCUT2D eigenvalue weighted by Crippen LogP contribution is 2.32. The number of fused-ring (bicyclic) bond motifs is 1. The fourth-order valence-electron chi connectivity index (χ4n) is 4.17. The molecule has 0 radical (unpaired) electrons. The van der Waals surface area contributed by atoms with E-state index in [1.54, 1.807) is 31.2 Å². The lowest BCUT2D eigenvalue weighted by molar-refractivity contribution is -0.137. The van der Waals surface area contributed by atoms with Crippen molar-refractivity contribution in [2.45, 2.75) is 31.8 Å². The maximum atomic E-state index is 13.5. The summed E-state index contributed by atoms with van der Waals surface area (Å²) in [6.07, 6.45) is 6.70. The fourth-order valence-corrected chi connectivity index (χ4v) is 4.17. The zero-order valence-electron chi connectivity index (χ0n) is 22.2. The number of hydrogen-bond acceptors (Lipinski definition) is 6. The van der Waals surface area contributed by atoms with Gasteiger partial charge < -0.3 is 24.8 Å². The van der Waals surface area contributed by atoms with Gasteiger partial charge in [0.1, 0.15) is 6.04 Å². The smallest absolute Gasteiger partial charge is 0.330 e. The Hall–Kier alpha value is -4.85. The van der Waals surface area contributed by atoms with Gasteiger partial charge in [0.2, 0.25) is 18.6 Å². The molecule has 1 aliphatic heterocycles. The van der Waals surface area contributed by atoms with Gasteiger partial charge in [0.05, 0.1) is 12.6 Å². The summed E-state index contributed by atoms with van der Waals surface area (Å²) in [6, 6.07) is 23.1. The van der Waals surface area contributed by atoms with E-state index in [0.717, 1.165) is 16.7 Å². The molecular formula is C32H32N2O6. The summed E-state index contributed by atoms with van der Waals surface area (Å²) in [5, 5.41) is 5.82. The van der Waals surface area contributed by atoms with Crippen molar-refractivity contribution in [2.75, 3.05) is 13.4 Å². The van der Waals surface area contributed by atoms with Crippen LogP contribution >= 0.6 is 0 Å². The van der Waals surface area contributed by atoms with Gasteiger partial charge in [-0.25, -0.2) is 4.79 Å². The maximum absolute atomic E-state index is 13.5. The Morgan fingerprint density at radius 3 is 2.23 bits per heavy atom. The van der Waals surface area contributed by atoms with Crippen LogP contribution in [0.2, 0.25) is 0 Å². The van der Waals surface area contributed by atoms with Crippen LogP contribution in [0.4, 0.5) is 0 Å². The second-order valence-electron chi connectivity index (χ2n) is 9.11. The largest absolute Gasteiger partial charge is 0.463 e. The predicted octanol–water partition coefficient (Wildman–Crippen LogP) is 4.00. The molecule has 0 fully saturated rings. The molecule has 40 heavy (non-hydrogen) atoms. The quantitative estimate of drug-likeness (QED) is 0.266. The molecule has 8 nitrogen and oxygen atoms in total. The Bertz CT molecular complexity index is 1350. The summed E-state index contributed by atoms with van der Waals surface area (Å²) in [5.74, 6) is -0.0105. The van der Waals surface area contributed by atoms with Crippen molar-refractivity contribution in [3.05, 3.63) is 114 Å². The maximum Gasteiger partial charge on any atom is 0.330 e. The summed E-state index contributed by atoms with van der Waals surface area (Å²) < 4.78 is 15.7. The van der Waals surface area contributed by atoms with E-state index in [4.69, 9.17) is 14.2 Å². The lowest BCUT2D eigenvalue weighted by Crippen LogP contribution is -2.50. The number of ether oxygens (including phenoxy) is 3. The van der Waals surface area contributed by atoms with Crippen molar-refractivity contribution in [1.82, 2.24) is 10.6 Å². The molecule has 2 atom stereocenters. The number of esters is 1. The first-order valence-electron chi connectivity index (χ1n) is 13.1. The number of carbonyl (C=O) groups is 3. The Morgan fingerprint density at radius 1 is 0.850 bits per heavy atom. The lowest BCUT2D eigenvalue weighted by Gasteiger charge is -2.22. The van der Waals surface area contributed by atoms with E-state index in [2.05, 4.69) is 10.6 Å². The molecule has 3 aromatic rings. The van der Waals surface area contributed by atoms with E-state index in [9.17, 15) is 14.4 Å². The molecule has 0 saturated carbocycles. The highest BCUT2D eigenvalue weighted by molar-refractivity contribution is 5.96. The summed E-state index contributed by atoms with van der Waals surface area (Å²) in [6.45, 7) is 2.15. The third-order valence-corrected chi connectivity index (χ3v) is 6.12. The van der Waals surface area contributed by atoms with Gasteiger partial charge in [-0.1, -0.05) is 72.8 Å². The van der Waals surface area contributed by atoms with Gasteiger partial charge in [-0.2, -0.15) is 0 Å². The Balaban J connectivity index is 1.48. The number of benzene rings is 3. The molecule has 0 aliphatic carbocycles. The molecule has 2 amide bonds. The summed E-state index contributed by atoms with van der Waals surface area (Å²) >= 11 is 0. The van der Waals surface area contributed by atoms with Crippen LogP contribution in [0, 0.1) is 0 Å². The van der Waals surface area contributed by atoms with Gasteiger partial charge in [-0.15, -0.1) is 0 Å². The van der Waals surface area contributed by atoms with Crippen LogP contribution in [0.15, 0.2) is 97.1 Å². The average molecular weight is 541 g/mol. The molecule has 0 spiro atoms. The first-order chi connectivity index (χ1) is 19.5. The van der Waals surface area contributed by atoms with Crippen molar-refractivity contribution >= 4 is 23.9 Å². The minimum atomic E-state index is -0.856. The first-order valence-corrected chi connectivity index (χ1v) is 13.1. The SMILES string of the molecule is CCOC(=O)/C=C/C(Cc1ccccc1)NC(=O)C(Cc1ccccc1)NC(=O)/C=C/c1ccc2c(c1)OCO2. The van der Waals surface area contributed by atoms with Crippen LogP contribution in [0.5, 0.6) is 11.5 Å². The van der Waals surface area contributed by atoms with Crippen molar-refractivity contribution in [2.24, 2.45) is 0 Å². The van der Waals surface area contributed by atoms with Crippen molar-refractivity contribution < 1.29 is 28.6 Å². The molecule has 1 aliphatic rings. The van der Waals surface area contributed by atoms with E-state index in [1.807, 2.05) is 66.7 Å². The van der Waals surface area contributed by atoms with Gasteiger partial charge in [0, 0.05) is 18.6 Å². The Morgan fingerprint density at radius 2 is 1.52 bits per heavy atom. The first kappa shape index (κ1) is 28.2. The highest BCUT2D eigenvalue weighted by atomic mass is 16.7. The van der Waals surface area contributed by atoms with Crippen LogP contribution in [-0.2, 0) is 32.0 Å². The Labute approximate surface area is 233 Å². The number of carbonyl (C=O) groups excluding carboxylic acids is 3. The molecule has 3 aromatic carbocycles. The normalized spacial score (nSPS) is 13.6. The third-order valence-electron chi connectivity index (χ3n) is 6.12. The molecule has 4 rings (SSSR count). The van der Waals surface area contributed by atoms with Gasteiger partial charge in [0.15, 0.2) is 11.5 Å². The van der Waals surface area contributed by atoms with E-state index in [0.29, 0.717) is 17.9 Å².